The maximum Gasteiger partial charge on any atom is 0.321 e. The molecule has 5 nitrogen and oxygen atoms in total. The van der Waals surface area contributed by atoms with Crippen molar-refractivity contribution in [3.63, 3.8) is 0 Å². The molecule has 0 unspecified atom stereocenters. The summed E-state index contributed by atoms with van der Waals surface area (Å²) < 4.78 is 39.6. The van der Waals surface area contributed by atoms with Gasteiger partial charge >= 0.3 is 5.97 Å². The monoisotopic (exact) mass is 367 g/mol. The number of benzene rings is 1. The van der Waals surface area contributed by atoms with Crippen molar-refractivity contribution in [1.29, 1.82) is 0 Å². The number of rotatable bonds is 6. The van der Waals surface area contributed by atoms with Crippen LogP contribution in [0.25, 0.3) is 0 Å². The zero-order valence-electron chi connectivity index (χ0n) is 10.9. The molecule has 112 valence electrons. The smallest absolute Gasteiger partial charge is 0.321 e. The summed E-state index contributed by atoms with van der Waals surface area (Å²) in [7, 11) is -4.08. The fourth-order valence-corrected chi connectivity index (χ4v) is 3.03. The number of hydrogen-bond acceptors (Lipinski definition) is 3. The summed E-state index contributed by atoms with van der Waals surface area (Å²) in [5.41, 5.74) is 0. The van der Waals surface area contributed by atoms with Crippen LogP contribution in [0.15, 0.2) is 27.6 Å². The minimum atomic E-state index is -4.08. The van der Waals surface area contributed by atoms with Crippen molar-refractivity contribution in [2.75, 3.05) is 0 Å². The molecular formula is C12H15BrFNO4S. The molecule has 0 saturated carbocycles. The zero-order chi connectivity index (χ0) is 15.5. The lowest BCUT2D eigenvalue weighted by Crippen LogP contribution is -2.41. The number of carbonyl (C=O) groups is 1. The van der Waals surface area contributed by atoms with Crippen molar-refractivity contribution in [2.45, 2.75) is 31.2 Å². The predicted molar refractivity (Wildman–Crippen MR) is 75.3 cm³/mol. The highest BCUT2D eigenvalue weighted by Crippen LogP contribution is 2.20. The van der Waals surface area contributed by atoms with Gasteiger partial charge in [-0.1, -0.05) is 13.8 Å². The number of carboxylic acids is 1. The van der Waals surface area contributed by atoms with Crippen LogP contribution in [0.1, 0.15) is 20.3 Å². The summed E-state index contributed by atoms with van der Waals surface area (Å²) in [4.78, 5) is 10.7. The summed E-state index contributed by atoms with van der Waals surface area (Å²) in [6.45, 7) is 3.56. The Hall–Kier alpha value is -0.990. The molecule has 0 amide bonds. The zero-order valence-corrected chi connectivity index (χ0v) is 13.3. The molecule has 1 aromatic carbocycles. The maximum absolute atomic E-state index is 13.4. The van der Waals surface area contributed by atoms with E-state index in [0.29, 0.717) is 0 Å². The highest BCUT2D eigenvalue weighted by atomic mass is 79.9. The van der Waals surface area contributed by atoms with Crippen LogP contribution in [-0.2, 0) is 14.8 Å². The van der Waals surface area contributed by atoms with Crippen LogP contribution < -0.4 is 4.72 Å². The topological polar surface area (TPSA) is 83.5 Å². The minimum absolute atomic E-state index is 0.000420. The number of aliphatic carboxylic acids is 1. The molecule has 0 radical (unpaired) electrons. The molecule has 0 aromatic heterocycles. The normalized spacial score (nSPS) is 13.4. The molecule has 1 aromatic rings. The molecule has 2 N–H and O–H groups in total. The highest BCUT2D eigenvalue weighted by Gasteiger charge is 2.26. The Labute approximate surface area is 125 Å². The fourth-order valence-electron chi connectivity index (χ4n) is 1.57. The molecule has 0 fully saturated rings. The average molecular weight is 368 g/mol. The maximum atomic E-state index is 13.4. The lowest BCUT2D eigenvalue weighted by atomic mass is 10.1. The molecular weight excluding hydrogens is 353 g/mol. The van der Waals surface area contributed by atoms with Gasteiger partial charge in [0.2, 0.25) is 10.0 Å². The van der Waals surface area contributed by atoms with E-state index in [4.69, 9.17) is 5.11 Å². The standard InChI is InChI=1S/C12H15BrFNO4S/c1-7(2)5-11(12(16)17)15-20(18,19)8-3-4-9(13)10(14)6-8/h3-4,6-7,11,15H,5H2,1-2H3,(H,16,17)/t11-/m0/s1. The summed E-state index contributed by atoms with van der Waals surface area (Å²) >= 11 is 2.92. The van der Waals surface area contributed by atoms with E-state index in [1.165, 1.54) is 12.1 Å². The summed E-state index contributed by atoms with van der Waals surface area (Å²) in [6, 6.07) is 2.04. The first-order valence-corrected chi connectivity index (χ1v) is 8.11. The van der Waals surface area contributed by atoms with Crippen LogP contribution in [-0.4, -0.2) is 25.5 Å². The second kappa shape index (κ2) is 6.64. The third-order valence-corrected chi connectivity index (χ3v) is 4.62. The van der Waals surface area contributed by atoms with Gasteiger partial charge in [-0.3, -0.25) is 4.79 Å². The number of carboxylic acid groups (broad SMARTS) is 1. The SMILES string of the molecule is CC(C)C[C@H](NS(=O)(=O)c1ccc(Br)c(F)c1)C(=O)O. The average Bonchev–Trinajstić information content (AvgIpc) is 2.30. The van der Waals surface area contributed by atoms with Gasteiger partial charge in [0, 0.05) is 0 Å². The molecule has 0 bridgehead atoms. The summed E-state index contributed by atoms with van der Waals surface area (Å²) in [5, 5.41) is 9.02. The first-order chi connectivity index (χ1) is 9.13. The molecule has 1 rings (SSSR count). The van der Waals surface area contributed by atoms with E-state index in [1.807, 2.05) is 0 Å². The minimum Gasteiger partial charge on any atom is -0.480 e. The molecule has 0 aliphatic carbocycles. The Bertz CT molecular complexity index is 603. The van der Waals surface area contributed by atoms with Crippen molar-refractivity contribution in [3.8, 4) is 0 Å². The molecule has 0 spiro atoms. The van der Waals surface area contributed by atoms with E-state index in [0.717, 1.165) is 6.07 Å². The van der Waals surface area contributed by atoms with Gasteiger partial charge < -0.3 is 5.11 Å². The van der Waals surface area contributed by atoms with Crippen molar-refractivity contribution >= 4 is 31.9 Å². The lowest BCUT2D eigenvalue weighted by Gasteiger charge is -2.16. The van der Waals surface area contributed by atoms with Gasteiger partial charge in [0.05, 0.1) is 9.37 Å². The van der Waals surface area contributed by atoms with E-state index >= 15 is 0 Å². The van der Waals surface area contributed by atoms with Crippen LogP contribution in [0.2, 0.25) is 0 Å². The Morgan fingerprint density at radius 3 is 2.50 bits per heavy atom. The van der Waals surface area contributed by atoms with Crippen molar-refractivity contribution < 1.29 is 22.7 Å². The van der Waals surface area contributed by atoms with Gasteiger partial charge in [-0.2, -0.15) is 4.72 Å². The molecule has 20 heavy (non-hydrogen) atoms. The van der Waals surface area contributed by atoms with Crippen LogP contribution >= 0.6 is 15.9 Å². The molecule has 8 heteroatoms. The van der Waals surface area contributed by atoms with Gasteiger partial charge in [0.1, 0.15) is 11.9 Å². The molecule has 0 aliphatic heterocycles. The predicted octanol–water partition coefficient (Wildman–Crippen LogP) is 2.37. The quantitative estimate of drug-likeness (QED) is 0.808. The Morgan fingerprint density at radius 2 is 2.05 bits per heavy atom. The first-order valence-electron chi connectivity index (χ1n) is 5.83. The molecule has 0 aliphatic rings. The van der Waals surface area contributed by atoms with E-state index in [-0.39, 0.29) is 21.7 Å². The van der Waals surface area contributed by atoms with Crippen LogP contribution in [0.4, 0.5) is 4.39 Å². The van der Waals surface area contributed by atoms with Gasteiger partial charge in [0.15, 0.2) is 0 Å². The third kappa shape index (κ3) is 4.53. The van der Waals surface area contributed by atoms with Crippen molar-refractivity contribution in [2.24, 2.45) is 5.92 Å². The first kappa shape index (κ1) is 17.1. The van der Waals surface area contributed by atoms with E-state index in [9.17, 15) is 17.6 Å². The molecule has 1 atom stereocenters. The van der Waals surface area contributed by atoms with E-state index in [2.05, 4.69) is 20.7 Å². The lowest BCUT2D eigenvalue weighted by molar-refractivity contribution is -0.139. The number of halogens is 2. The molecule has 0 saturated heterocycles. The van der Waals surface area contributed by atoms with Crippen LogP contribution in [0, 0.1) is 11.7 Å². The van der Waals surface area contributed by atoms with Crippen LogP contribution in [0.5, 0.6) is 0 Å². The van der Waals surface area contributed by atoms with E-state index < -0.39 is 27.9 Å². The Morgan fingerprint density at radius 1 is 1.45 bits per heavy atom. The van der Waals surface area contributed by atoms with Gasteiger partial charge in [0.25, 0.3) is 0 Å². The van der Waals surface area contributed by atoms with Gasteiger partial charge in [-0.05, 0) is 46.5 Å². The van der Waals surface area contributed by atoms with Gasteiger partial charge in [-0.25, -0.2) is 12.8 Å². The number of hydrogen-bond donors (Lipinski definition) is 2. The van der Waals surface area contributed by atoms with Gasteiger partial charge in [-0.15, -0.1) is 0 Å². The highest BCUT2D eigenvalue weighted by molar-refractivity contribution is 9.10. The van der Waals surface area contributed by atoms with Crippen molar-refractivity contribution in [1.82, 2.24) is 4.72 Å². The molecule has 0 heterocycles. The van der Waals surface area contributed by atoms with E-state index in [1.54, 1.807) is 13.8 Å². The second-order valence-corrected chi connectivity index (χ2v) is 7.29. The fraction of sp³-hybridized carbons (Fsp3) is 0.417. The second-order valence-electron chi connectivity index (χ2n) is 4.72. The number of nitrogens with one attached hydrogen (secondary N) is 1. The van der Waals surface area contributed by atoms with Crippen molar-refractivity contribution in [3.05, 3.63) is 28.5 Å². The largest absolute Gasteiger partial charge is 0.480 e. The van der Waals surface area contributed by atoms with Crippen LogP contribution in [0.3, 0.4) is 0 Å². The third-order valence-electron chi connectivity index (χ3n) is 2.50. The summed E-state index contributed by atoms with van der Waals surface area (Å²) in [5.74, 6) is -2.00. The summed E-state index contributed by atoms with van der Waals surface area (Å²) in [6.07, 6.45) is 0.146. The Balaban J connectivity index is 3.03. The Kier molecular flexibility index (Phi) is 5.67. The number of sulfonamides is 1.